The van der Waals surface area contributed by atoms with Crippen molar-refractivity contribution in [3.8, 4) is 0 Å². The molecule has 0 fully saturated rings. The SMILES string of the molecule is CCC(C)NC(CC)(CO)c1ccc(Br)cc1. The number of rotatable bonds is 6. The van der Waals surface area contributed by atoms with Gasteiger partial charge in [-0.2, -0.15) is 0 Å². The average Bonchev–Trinajstić information content (AvgIpc) is 2.37. The molecular weight excluding hydrogens is 278 g/mol. The molecule has 0 heterocycles. The first kappa shape index (κ1) is 14.7. The van der Waals surface area contributed by atoms with Gasteiger partial charge in [0.05, 0.1) is 12.1 Å². The first-order valence-electron chi connectivity index (χ1n) is 6.22. The summed E-state index contributed by atoms with van der Waals surface area (Å²) in [5, 5.41) is 13.3. The maximum Gasteiger partial charge on any atom is 0.0668 e. The lowest BCUT2D eigenvalue weighted by Gasteiger charge is -2.35. The van der Waals surface area contributed by atoms with Crippen LogP contribution in [0.5, 0.6) is 0 Å². The van der Waals surface area contributed by atoms with Crippen molar-refractivity contribution >= 4 is 15.9 Å². The van der Waals surface area contributed by atoms with E-state index in [1.165, 1.54) is 0 Å². The molecule has 2 unspecified atom stereocenters. The highest BCUT2D eigenvalue weighted by atomic mass is 79.9. The van der Waals surface area contributed by atoms with Crippen molar-refractivity contribution in [1.82, 2.24) is 5.32 Å². The number of nitrogens with one attached hydrogen (secondary N) is 1. The van der Waals surface area contributed by atoms with Crippen molar-refractivity contribution in [3.63, 3.8) is 0 Å². The molecular formula is C14H22BrNO. The van der Waals surface area contributed by atoms with Crippen LogP contribution < -0.4 is 5.32 Å². The Morgan fingerprint density at radius 2 is 1.88 bits per heavy atom. The van der Waals surface area contributed by atoms with E-state index in [4.69, 9.17) is 0 Å². The standard InChI is InChI=1S/C14H22BrNO/c1-4-11(3)16-14(5-2,10-17)12-6-8-13(15)9-7-12/h6-9,11,16-17H,4-5,10H2,1-3H3. The molecule has 3 heteroatoms. The third-order valence-electron chi connectivity index (χ3n) is 3.41. The van der Waals surface area contributed by atoms with E-state index < -0.39 is 0 Å². The number of halogens is 1. The van der Waals surface area contributed by atoms with E-state index in [2.05, 4.69) is 54.2 Å². The van der Waals surface area contributed by atoms with Gasteiger partial charge < -0.3 is 10.4 Å². The van der Waals surface area contributed by atoms with Crippen LogP contribution in [0.3, 0.4) is 0 Å². The molecule has 2 atom stereocenters. The molecule has 0 aliphatic heterocycles. The summed E-state index contributed by atoms with van der Waals surface area (Å²) in [7, 11) is 0. The molecule has 0 bridgehead atoms. The van der Waals surface area contributed by atoms with Gasteiger partial charge in [-0.3, -0.25) is 0 Å². The van der Waals surface area contributed by atoms with E-state index in [1.807, 2.05) is 12.1 Å². The van der Waals surface area contributed by atoms with Gasteiger partial charge in [0.2, 0.25) is 0 Å². The molecule has 0 saturated carbocycles. The van der Waals surface area contributed by atoms with Crippen LogP contribution in [0.1, 0.15) is 39.2 Å². The predicted molar refractivity (Wildman–Crippen MR) is 76.1 cm³/mol. The van der Waals surface area contributed by atoms with E-state index in [0.717, 1.165) is 22.9 Å². The van der Waals surface area contributed by atoms with E-state index in [1.54, 1.807) is 0 Å². The van der Waals surface area contributed by atoms with Crippen LogP contribution in [0.4, 0.5) is 0 Å². The largest absolute Gasteiger partial charge is 0.394 e. The molecule has 1 rings (SSSR count). The molecule has 0 radical (unpaired) electrons. The maximum atomic E-state index is 9.77. The summed E-state index contributed by atoms with van der Waals surface area (Å²) in [5.74, 6) is 0. The summed E-state index contributed by atoms with van der Waals surface area (Å²) in [4.78, 5) is 0. The fraction of sp³-hybridized carbons (Fsp3) is 0.571. The molecule has 0 aromatic heterocycles. The van der Waals surface area contributed by atoms with Gasteiger partial charge >= 0.3 is 0 Å². The van der Waals surface area contributed by atoms with Crippen molar-refractivity contribution < 1.29 is 5.11 Å². The van der Waals surface area contributed by atoms with E-state index in [-0.39, 0.29) is 12.1 Å². The van der Waals surface area contributed by atoms with Gasteiger partial charge in [0, 0.05) is 10.5 Å². The van der Waals surface area contributed by atoms with Gasteiger partial charge in [0.15, 0.2) is 0 Å². The second kappa shape index (κ2) is 6.53. The topological polar surface area (TPSA) is 32.3 Å². The van der Waals surface area contributed by atoms with Gasteiger partial charge in [-0.1, -0.05) is 41.9 Å². The molecule has 0 spiro atoms. The second-order valence-corrected chi connectivity index (χ2v) is 5.47. The average molecular weight is 300 g/mol. The quantitative estimate of drug-likeness (QED) is 0.843. The maximum absolute atomic E-state index is 9.77. The highest BCUT2D eigenvalue weighted by Gasteiger charge is 2.30. The third kappa shape index (κ3) is 3.54. The summed E-state index contributed by atoms with van der Waals surface area (Å²) in [6, 6.07) is 8.57. The van der Waals surface area contributed by atoms with Gasteiger partial charge in [0.1, 0.15) is 0 Å². The number of aliphatic hydroxyl groups is 1. The van der Waals surface area contributed by atoms with Crippen LogP contribution in [-0.4, -0.2) is 17.8 Å². The fourth-order valence-electron chi connectivity index (χ4n) is 1.98. The lowest BCUT2D eigenvalue weighted by atomic mass is 9.87. The zero-order valence-corrected chi connectivity index (χ0v) is 12.4. The highest BCUT2D eigenvalue weighted by molar-refractivity contribution is 9.10. The van der Waals surface area contributed by atoms with Crippen LogP contribution in [-0.2, 0) is 5.54 Å². The van der Waals surface area contributed by atoms with Crippen molar-refractivity contribution in [2.24, 2.45) is 0 Å². The fourth-order valence-corrected chi connectivity index (χ4v) is 2.25. The molecule has 2 N–H and O–H groups in total. The van der Waals surface area contributed by atoms with Crippen LogP contribution in [0.2, 0.25) is 0 Å². The Bertz CT molecular complexity index is 333. The number of hydrogen-bond acceptors (Lipinski definition) is 2. The lowest BCUT2D eigenvalue weighted by molar-refractivity contribution is 0.143. The lowest BCUT2D eigenvalue weighted by Crippen LogP contribution is -2.49. The monoisotopic (exact) mass is 299 g/mol. The third-order valence-corrected chi connectivity index (χ3v) is 3.93. The molecule has 0 saturated heterocycles. The number of aliphatic hydroxyl groups excluding tert-OH is 1. The summed E-state index contributed by atoms with van der Waals surface area (Å²) in [6.45, 7) is 6.53. The van der Waals surface area contributed by atoms with Gasteiger partial charge in [-0.05, 0) is 37.5 Å². The summed E-state index contributed by atoms with van der Waals surface area (Å²) < 4.78 is 1.06. The van der Waals surface area contributed by atoms with Crippen LogP contribution >= 0.6 is 15.9 Å². The normalized spacial score (nSPS) is 16.5. The van der Waals surface area contributed by atoms with E-state index in [9.17, 15) is 5.11 Å². The van der Waals surface area contributed by atoms with Crippen LogP contribution in [0, 0.1) is 0 Å². The van der Waals surface area contributed by atoms with E-state index in [0.29, 0.717) is 6.04 Å². The van der Waals surface area contributed by atoms with Crippen LogP contribution in [0.25, 0.3) is 0 Å². The minimum atomic E-state index is -0.323. The number of hydrogen-bond donors (Lipinski definition) is 2. The van der Waals surface area contributed by atoms with Gasteiger partial charge in [0.25, 0.3) is 0 Å². The Balaban J connectivity index is 3.01. The van der Waals surface area contributed by atoms with Gasteiger partial charge in [-0.25, -0.2) is 0 Å². The zero-order valence-electron chi connectivity index (χ0n) is 10.8. The first-order valence-corrected chi connectivity index (χ1v) is 7.02. The minimum absolute atomic E-state index is 0.121. The highest BCUT2D eigenvalue weighted by Crippen LogP contribution is 2.27. The Kier molecular flexibility index (Phi) is 5.63. The minimum Gasteiger partial charge on any atom is -0.394 e. The molecule has 0 amide bonds. The predicted octanol–water partition coefficient (Wildman–Crippen LogP) is 3.43. The molecule has 1 aromatic carbocycles. The van der Waals surface area contributed by atoms with Crippen molar-refractivity contribution in [2.75, 3.05) is 6.61 Å². The number of benzene rings is 1. The van der Waals surface area contributed by atoms with Gasteiger partial charge in [-0.15, -0.1) is 0 Å². The molecule has 0 aliphatic carbocycles. The van der Waals surface area contributed by atoms with Crippen molar-refractivity contribution in [3.05, 3.63) is 34.3 Å². The first-order chi connectivity index (χ1) is 8.07. The Morgan fingerprint density at radius 3 is 2.29 bits per heavy atom. The van der Waals surface area contributed by atoms with Crippen molar-refractivity contribution in [2.45, 2.75) is 45.2 Å². The second-order valence-electron chi connectivity index (χ2n) is 4.55. The summed E-state index contributed by atoms with van der Waals surface area (Å²) in [5.41, 5.74) is 0.821. The zero-order chi connectivity index (χ0) is 12.9. The Morgan fingerprint density at radius 1 is 1.29 bits per heavy atom. The summed E-state index contributed by atoms with van der Waals surface area (Å²) in [6.07, 6.45) is 1.92. The Labute approximate surface area is 113 Å². The molecule has 17 heavy (non-hydrogen) atoms. The van der Waals surface area contributed by atoms with E-state index >= 15 is 0 Å². The summed E-state index contributed by atoms with van der Waals surface area (Å²) >= 11 is 3.44. The van der Waals surface area contributed by atoms with Crippen LogP contribution in [0.15, 0.2) is 28.7 Å². The molecule has 0 aliphatic rings. The van der Waals surface area contributed by atoms with Crippen molar-refractivity contribution in [1.29, 1.82) is 0 Å². The Hall–Kier alpha value is -0.380. The molecule has 96 valence electrons. The smallest absolute Gasteiger partial charge is 0.0668 e. The molecule has 1 aromatic rings. The molecule has 2 nitrogen and oxygen atoms in total.